The van der Waals surface area contributed by atoms with Gasteiger partial charge in [0.1, 0.15) is 17.7 Å². The molecule has 0 aliphatic rings. The Hall–Kier alpha value is -3.00. The quantitative estimate of drug-likeness (QED) is 0.469. The van der Waals surface area contributed by atoms with E-state index in [2.05, 4.69) is 10.6 Å². The Balaban J connectivity index is 2.42. The fraction of sp³-hybridized carbons (Fsp3) is 0.464. The van der Waals surface area contributed by atoms with Crippen LogP contribution in [0.1, 0.15) is 55.5 Å². The number of thioether (sulfide) groups is 1. The molecule has 0 fully saturated rings. The van der Waals surface area contributed by atoms with Crippen LogP contribution < -0.4 is 10.6 Å². The molecular formula is C28H39N3O4S. The van der Waals surface area contributed by atoms with Crippen LogP contribution >= 0.6 is 11.8 Å². The van der Waals surface area contributed by atoms with Gasteiger partial charge in [-0.05, 0) is 77.2 Å². The maximum atomic E-state index is 13.7. The van der Waals surface area contributed by atoms with Crippen molar-refractivity contribution in [3.63, 3.8) is 0 Å². The van der Waals surface area contributed by atoms with E-state index in [-0.39, 0.29) is 11.8 Å². The second-order valence-electron chi connectivity index (χ2n) is 10.1. The van der Waals surface area contributed by atoms with E-state index in [1.54, 1.807) is 39.6 Å². The Bertz CT molecular complexity index is 1060. The second-order valence-corrected chi connectivity index (χ2v) is 11.0. The maximum absolute atomic E-state index is 13.7. The van der Waals surface area contributed by atoms with E-state index in [0.29, 0.717) is 23.4 Å². The number of alkyl carbamates (subject to hydrolysis) is 1. The number of ether oxygens (including phenoxy) is 1. The highest BCUT2D eigenvalue weighted by molar-refractivity contribution is 7.98. The summed E-state index contributed by atoms with van der Waals surface area (Å²) in [4.78, 5) is 41.3. The number of benzene rings is 2. The van der Waals surface area contributed by atoms with Gasteiger partial charge in [-0.25, -0.2) is 4.79 Å². The van der Waals surface area contributed by atoms with Crippen LogP contribution in [0.4, 0.5) is 10.5 Å². The summed E-state index contributed by atoms with van der Waals surface area (Å²) in [6.07, 6.45) is 1.68. The largest absolute Gasteiger partial charge is 0.444 e. The molecule has 0 aliphatic carbocycles. The van der Waals surface area contributed by atoms with Crippen molar-refractivity contribution in [1.29, 1.82) is 0 Å². The molecule has 0 saturated heterocycles. The summed E-state index contributed by atoms with van der Waals surface area (Å²) in [5.41, 5.74) is 3.59. The fourth-order valence-corrected chi connectivity index (χ4v) is 4.42. The minimum atomic E-state index is -0.895. The maximum Gasteiger partial charge on any atom is 0.408 e. The third-order valence-corrected chi connectivity index (χ3v) is 6.19. The van der Waals surface area contributed by atoms with E-state index in [9.17, 15) is 14.4 Å². The zero-order valence-corrected chi connectivity index (χ0v) is 23.4. The molecule has 2 unspecified atom stereocenters. The molecule has 2 aromatic rings. The van der Waals surface area contributed by atoms with Crippen molar-refractivity contribution < 1.29 is 19.1 Å². The lowest BCUT2D eigenvalue weighted by atomic mass is 9.98. The SMILES string of the molecule is CSCCC(NC(=O)OC(C)(C)C)C(=O)N(C)C(C(=O)Nc1ccccc1C)c1cc(C)cc(C)c1. The van der Waals surface area contributed by atoms with Crippen LogP contribution in [0.5, 0.6) is 0 Å². The smallest absolute Gasteiger partial charge is 0.408 e. The summed E-state index contributed by atoms with van der Waals surface area (Å²) in [6.45, 7) is 11.1. The number of hydrogen-bond acceptors (Lipinski definition) is 5. The minimum absolute atomic E-state index is 0.328. The number of carbonyl (C=O) groups is 3. The average molecular weight is 514 g/mol. The van der Waals surface area contributed by atoms with Gasteiger partial charge < -0.3 is 20.3 Å². The molecular weight excluding hydrogens is 474 g/mol. The minimum Gasteiger partial charge on any atom is -0.444 e. The van der Waals surface area contributed by atoms with E-state index in [1.165, 1.54) is 4.90 Å². The van der Waals surface area contributed by atoms with E-state index in [1.807, 2.05) is 69.5 Å². The number of nitrogens with zero attached hydrogens (tertiary/aromatic N) is 1. The number of amides is 3. The molecule has 0 aromatic heterocycles. The molecule has 8 heteroatoms. The van der Waals surface area contributed by atoms with Crippen LogP contribution in [0.25, 0.3) is 0 Å². The van der Waals surface area contributed by atoms with Gasteiger partial charge in [0.15, 0.2) is 0 Å². The first-order valence-electron chi connectivity index (χ1n) is 12.0. The first kappa shape index (κ1) is 29.2. The van der Waals surface area contributed by atoms with Gasteiger partial charge in [0, 0.05) is 12.7 Å². The molecule has 0 bridgehead atoms. The van der Waals surface area contributed by atoms with Gasteiger partial charge in [0.2, 0.25) is 5.91 Å². The van der Waals surface area contributed by atoms with Crippen molar-refractivity contribution in [2.75, 3.05) is 24.4 Å². The normalized spacial score (nSPS) is 12.9. The highest BCUT2D eigenvalue weighted by Gasteiger charge is 2.34. The number of aryl methyl sites for hydroxylation is 3. The lowest BCUT2D eigenvalue weighted by molar-refractivity contribution is -0.139. The Labute approximate surface area is 219 Å². The van der Waals surface area contributed by atoms with Gasteiger partial charge >= 0.3 is 6.09 Å². The molecule has 0 spiro atoms. The Kier molecular flexibility index (Phi) is 10.4. The van der Waals surface area contributed by atoms with Gasteiger partial charge in [0.05, 0.1) is 0 Å². The molecule has 2 rings (SSSR count). The van der Waals surface area contributed by atoms with Crippen molar-refractivity contribution >= 4 is 35.4 Å². The van der Waals surface area contributed by atoms with Crippen molar-refractivity contribution in [3.05, 3.63) is 64.7 Å². The van der Waals surface area contributed by atoms with Crippen LogP contribution in [-0.2, 0) is 14.3 Å². The van der Waals surface area contributed by atoms with Gasteiger partial charge in [-0.2, -0.15) is 11.8 Å². The number of carbonyl (C=O) groups excluding carboxylic acids is 3. The third-order valence-electron chi connectivity index (χ3n) is 5.55. The lowest BCUT2D eigenvalue weighted by Crippen LogP contribution is -2.51. The predicted molar refractivity (Wildman–Crippen MR) is 147 cm³/mol. The first-order chi connectivity index (χ1) is 16.8. The summed E-state index contributed by atoms with van der Waals surface area (Å²) in [5, 5.41) is 5.71. The van der Waals surface area contributed by atoms with E-state index >= 15 is 0 Å². The average Bonchev–Trinajstić information content (AvgIpc) is 2.76. The molecule has 0 aliphatic heterocycles. The van der Waals surface area contributed by atoms with Crippen molar-refractivity contribution in [3.8, 4) is 0 Å². The zero-order chi connectivity index (χ0) is 27.0. The number of anilines is 1. The standard InChI is InChI=1S/C28H39N3O4S/c1-18-15-19(2)17-21(16-18)24(25(32)29-22-12-10-9-11-20(22)3)31(7)26(33)23(13-14-36-8)30-27(34)35-28(4,5)6/h9-12,15-17,23-24H,13-14H2,1-8H3,(H,29,32)(H,30,34). The number of hydrogen-bond donors (Lipinski definition) is 2. The van der Waals surface area contributed by atoms with Crippen LogP contribution in [0.2, 0.25) is 0 Å². The van der Waals surface area contributed by atoms with E-state index in [4.69, 9.17) is 4.74 Å². The molecule has 0 heterocycles. The van der Waals surface area contributed by atoms with E-state index in [0.717, 1.165) is 16.7 Å². The molecule has 196 valence electrons. The molecule has 0 radical (unpaired) electrons. The summed E-state index contributed by atoms with van der Waals surface area (Å²) in [6, 6.07) is 11.6. The third kappa shape index (κ3) is 8.59. The molecule has 0 saturated carbocycles. The van der Waals surface area contributed by atoms with Gasteiger partial charge in [-0.15, -0.1) is 0 Å². The lowest BCUT2D eigenvalue weighted by Gasteiger charge is -2.32. The van der Waals surface area contributed by atoms with Crippen LogP contribution in [0.3, 0.4) is 0 Å². The van der Waals surface area contributed by atoms with Crippen molar-refractivity contribution in [2.24, 2.45) is 0 Å². The number of likely N-dealkylation sites (N-methyl/N-ethyl adjacent to an activating group) is 1. The predicted octanol–water partition coefficient (Wildman–Crippen LogP) is 5.40. The van der Waals surface area contributed by atoms with Crippen LogP contribution in [-0.4, -0.2) is 53.5 Å². The number of rotatable bonds is 9. The molecule has 2 aromatic carbocycles. The fourth-order valence-electron chi connectivity index (χ4n) is 3.95. The molecule has 7 nitrogen and oxygen atoms in total. The van der Waals surface area contributed by atoms with Gasteiger partial charge in [-0.3, -0.25) is 9.59 Å². The monoisotopic (exact) mass is 513 g/mol. The summed E-state index contributed by atoms with van der Waals surface area (Å²) in [5.74, 6) is -0.0334. The topological polar surface area (TPSA) is 87.7 Å². The van der Waals surface area contributed by atoms with Crippen molar-refractivity contribution in [1.82, 2.24) is 10.2 Å². The molecule has 36 heavy (non-hydrogen) atoms. The second kappa shape index (κ2) is 12.8. The highest BCUT2D eigenvalue weighted by Crippen LogP contribution is 2.26. The molecule has 3 amide bonds. The van der Waals surface area contributed by atoms with Crippen LogP contribution in [0.15, 0.2) is 42.5 Å². The zero-order valence-electron chi connectivity index (χ0n) is 22.6. The summed E-state index contributed by atoms with van der Waals surface area (Å²) in [7, 11) is 1.60. The number of para-hydroxylation sites is 1. The Morgan fingerprint density at radius 1 is 1.03 bits per heavy atom. The Morgan fingerprint density at radius 3 is 2.19 bits per heavy atom. The Morgan fingerprint density at radius 2 is 1.64 bits per heavy atom. The molecule has 2 N–H and O–H groups in total. The van der Waals surface area contributed by atoms with Gasteiger partial charge in [-0.1, -0.05) is 47.5 Å². The molecule has 2 atom stereocenters. The first-order valence-corrected chi connectivity index (χ1v) is 13.4. The summed E-state index contributed by atoms with van der Waals surface area (Å²) >= 11 is 1.58. The van der Waals surface area contributed by atoms with Crippen molar-refractivity contribution in [2.45, 2.75) is 65.6 Å². The van der Waals surface area contributed by atoms with Gasteiger partial charge in [0.25, 0.3) is 5.91 Å². The summed E-state index contributed by atoms with van der Waals surface area (Å²) < 4.78 is 5.39. The van der Waals surface area contributed by atoms with Crippen LogP contribution in [0, 0.1) is 20.8 Å². The highest BCUT2D eigenvalue weighted by atomic mass is 32.2. The van der Waals surface area contributed by atoms with E-state index < -0.39 is 23.8 Å². The number of nitrogens with one attached hydrogen (secondary N) is 2.